The van der Waals surface area contributed by atoms with Crippen LogP contribution in [0.1, 0.15) is 18.4 Å². The monoisotopic (exact) mass is 373 g/mol. The highest BCUT2D eigenvalue weighted by molar-refractivity contribution is 9.11. The number of piperidine rings is 1. The predicted octanol–water partition coefficient (Wildman–Crippen LogP) is 2.47. The van der Waals surface area contributed by atoms with Crippen molar-refractivity contribution in [3.8, 4) is 0 Å². The van der Waals surface area contributed by atoms with Gasteiger partial charge >= 0.3 is 5.97 Å². The van der Waals surface area contributed by atoms with Crippen molar-refractivity contribution in [3.63, 3.8) is 0 Å². The highest BCUT2D eigenvalue weighted by Crippen LogP contribution is 2.21. The average Bonchev–Trinajstić information content (AvgIpc) is 2.93. The number of nitrogens with zero attached hydrogens (tertiary/aromatic N) is 2. The molecule has 0 atom stereocenters. The van der Waals surface area contributed by atoms with Gasteiger partial charge < -0.3 is 15.0 Å². The molecule has 2 rings (SSSR count). The minimum atomic E-state index is -0.0966. The molecule has 0 amide bonds. The number of carbonyl (C=O) groups is 1. The number of halogens is 1. The molecule has 7 heteroatoms. The Morgan fingerprint density at radius 2 is 2.29 bits per heavy atom. The summed E-state index contributed by atoms with van der Waals surface area (Å²) in [7, 11) is 3.24. The zero-order valence-corrected chi connectivity index (χ0v) is 14.7. The zero-order valence-electron chi connectivity index (χ0n) is 12.3. The molecule has 0 aliphatic carbocycles. The number of guanidine groups is 1. The maximum Gasteiger partial charge on any atom is 0.308 e. The first-order valence-corrected chi connectivity index (χ1v) is 8.57. The zero-order chi connectivity index (χ0) is 15.2. The minimum absolute atomic E-state index is 0.0252. The number of esters is 1. The van der Waals surface area contributed by atoms with E-state index in [1.54, 1.807) is 18.4 Å². The summed E-state index contributed by atoms with van der Waals surface area (Å²) in [5, 5.41) is 5.49. The lowest BCUT2D eigenvalue weighted by molar-refractivity contribution is -0.146. The smallest absolute Gasteiger partial charge is 0.308 e. The summed E-state index contributed by atoms with van der Waals surface area (Å²) in [6.45, 7) is 2.41. The minimum Gasteiger partial charge on any atom is -0.469 e. The number of nitrogens with one attached hydrogen (secondary N) is 1. The lowest BCUT2D eigenvalue weighted by Crippen LogP contribution is -2.46. The van der Waals surface area contributed by atoms with E-state index in [1.807, 2.05) is 0 Å². The van der Waals surface area contributed by atoms with E-state index < -0.39 is 0 Å². The van der Waals surface area contributed by atoms with Crippen LogP contribution in [0.5, 0.6) is 0 Å². The molecule has 0 aromatic carbocycles. The molecule has 1 fully saturated rings. The molecular formula is C14H20BrN3O2S. The molecule has 2 heterocycles. The van der Waals surface area contributed by atoms with Crippen molar-refractivity contribution >= 4 is 39.2 Å². The van der Waals surface area contributed by atoms with Crippen LogP contribution in [0.3, 0.4) is 0 Å². The van der Waals surface area contributed by atoms with Crippen LogP contribution in [0.2, 0.25) is 0 Å². The van der Waals surface area contributed by atoms with Crippen molar-refractivity contribution in [3.05, 3.63) is 20.8 Å². The number of ether oxygens (including phenoxy) is 1. The first-order valence-electron chi connectivity index (χ1n) is 6.90. The number of hydrogen-bond acceptors (Lipinski definition) is 4. The van der Waals surface area contributed by atoms with Crippen LogP contribution in [-0.4, -0.2) is 44.1 Å². The molecule has 116 valence electrons. The highest BCUT2D eigenvalue weighted by Gasteiger charge is 2.26. The van der Waals surface area contributed by atoms with Crippen LogP contribution >= 0.6 is 27.3 Å². The van der Waals surface area contributed by atoms with Crippen molar-refractivity contribution < 1.29 is 9.53 Å². The van der Waals surface area contributed by atoms with Gasteiger partial charge in [0, 0.05) is 26.7 Å². The predicted molar refractivity (Wildman–Crippen MR) is 88.5 cm³/mol. The number of methoxy groups -OCH3 is 1. The van der Waals surface area contributed by atoms with E-state index in [0.717, 1.165) is 42.2 Å². The van der Waals surface area contributed by atoms with Crippen LogP contribution in [0.15, 0.2) is 20.2 Å². The second kappa shape index (κ2) is 7.79. The van der Waals surface area contributed by atoms with E-state index in [1.165, 1.54) is 12.7 Å². The number of thiophene rings is 1. The Bertz CT molecular complexity index is 510. The summed E-state index contributed by atoms with van der Waals surface area (Å²) in [4.78, 5) is 18.1. The van der Waals surface area contributed by atoms with Gasteiger partial charge in [-0.15, -0.1) is 11.3 Å². The van der Waals surface area contributed by atoms with Gasteiger partial charge in [-0.05, 0) is 45.8 Å². The van der Waals surface area contributed by atoms with Gasteiger partial charge in [0.15, 0.2) is 5.96 Å². The van der Waals surface area contributed by atoms with Gasteiger partial charge in [-0.1, -0.05) is 0 Å². The molecule has 1 aromatic heterocycles. The van der Waals surface area contributed by atoms with Gasteiger partial charge in [0.05, 0.1) is 16.8 Å². The lowest BCUT2D eigenvalue weighted by Gasteiger charge is -2.33. The SMILES string of the molecule is CN=C(NCc1csc(Br)c1)N1CCC(C(=O)OC)CC1. The van der Waals surface area contributed by atoms with Crippen molar-refractivity contribution in [1.29, 1.82) is 0 Å². The summed E-state index contributed by atoms with van der Waals surface area (Å²) in [6, 6.07) is 2.11. The quantitative estimate of drug-likeness (QED) is 0.502. The number of likely N-dealkylation sites (tertiary alicyclic amines) is 1. The molecule has 0 unspecified atom stereocenters. The van der Waals surface area contributed by atoms with Gasteiger partial charge in [0.25, 0.3) is 0 Å². The van der Waals surface area contributed by atoms with Gasteiger partial charge in [0.1, 0.15) is 0 Å². The molecule has 1 saturated heterocycles. The van der Waals surface area contributed by atoms with Crippen LogP contribution in [0.4, 0.5) is 0 Å². The fourth-order valence-corrected chi connectivity index (χ4v) is 3.65. The number of aliphatic imine (C=N–C) groups is 1. The third-order valence-electron chi connectivity index (χ3n) is 3.61. The van der Waals surface area contributed by atoms with E-state index in [2.05, 4.69) is 42.6 Å². The van der Waals surface area contributed by atoms with E-state index in [4.69, 9.17) is 4.74 Å². The van der Waals surface area contributed by atoms with Crippen molar-refractivity contribution in [2.75, 3.05) is 27.2 Å². The second-order valence-corrected chi connectivity index (χ2v) is 7.23. The molecule has 1 N–H and O–H groups in total. The first kappa shape index (κ1) is 16.3. The van der Waals surface area contributed by atoms with Gasteiger partial charge in [-0.2, -0.15) is 0 Å². The summed E-state index contributed by atoms with van der Waals surface area (Å²) < 4.78 is 5.95. The third-order valence-corrected chi connectivity index (χ3v) is 5.17. The summed E-state index contributed by atoms with van der Waals surface area (Å²) in [5.41, 5.74) is 1.23. The summed E-state index contributed by atoms with van der Waals surface area (Å²) in [5.74, 6) is 0.818. The fraction of sp³-hybridized carbons (Fsp3) is 0.571. The molecule has 0 bridgehead atoms. The van der Waals surface area contributed by atoms with Crippen molar-refractivity contribution in [1.82, 2.24) is 10.2 Å². The Labute approximate surface area is 137 Å². The number of rotatable bonds is 3. The largest absolute Gasteiger partial charge is 0.469 e. The Morgan fingerprint density at radius 1 is 1.57 bits per heavy atom. The molecule has 1 aromatic rings. The average molecular weight is 374 g/mol. The highest BCUT2D eigenvalue weighted by atomic mass is 79.9. The molecule has 21 heavy (non-hydrogen) atoms. The topological polar surface area (TPSA) is 53.9 Å². The van der Waals surface area contributed by atoms with Crippen LogP contribution in [0, 0.1) is 5.92 Å². The van der Waals surface area contributed by atoms with E-state index >= 15 is 0 Å². The fourth-order valence-electron chi connectivity index (χ4n) is 2.45. The Balaban J connectivity index is 1.84. The van der Waals surface area contributed by atoms with Gasteiger partial charge in [-0.3, -0.25) is 9.79 Å². The van der Waals surface area contributed by atoms with Crippen molar-refractivity contribution in [2.24, 2.45) is 10.9 Å². The van der Waals surface area contributed by atoms with Crippen molar-refractivity contribution in [2.45, 2.75) is 19.4 Å². The molecule has 5 nitrogen and oxygen atoms in total. The lowest BCUT2D eigenvalue weighted by atomic mass is 9.97. The van der Waals surface area contributed by atoms with Crippen LogP contribution < -0.4 is 5.32 Å². The van der Waals surface area contributed by atoms with E-state index in [-0.39, 0.29) is 11.9 Å². The van der Waals surface area contributed by atoms with Gasteiger partial charge in [-0.25, -0.2) is 0 Å². The Hall–Kier alpha value is -1.08. The molecule has 0 saturated carbocycles. The van der Waals surface area contributed by atoms with E-state index in [0.29, 0.717) is 0 Å². The molecule has 1 aliphatic rings. The summed E-state index contributed by atoms with van der Waals surface area (Å²) >= 11 is 5.14. The Kier molecular flexibility index (Phi) is 6.05. The third kappa shape index (κ3) is 4.44. The van der Waals surface area contributed by atoms with Gasteiger partial charge in [0.2, 0.25) is 0 Å². The number of carbonyl (C=O) groups excluding carboxylic acids is 1. The maximum absolute atomic E-state index is 11.5. The number of hydrogen-bond donors (Lipinski definition) is 1. The molecule has 0 radical (unpaired) electrons. The van der Waals surface area contributed by atoms with Crippen LogP contribution in [0.25, 0.3) is 0 Å². The first-order chi connectivity index (χ1) is 10.1. The molecule has 1 aliphatic heterocycles. The normalized spacial score (nSPS) is 16.9. The standard InChI is InChI=1S/C14H20BrN3O2S/c1-16-14(17-8-10-7-12(15)21-9-10)18-5-3-11(4-6-18)13(19)20-2/h7,9,11H,3-6,8H2,1-2H3,(H,16,17). The second-order valence-electron chi connectivity index (χ2n) is 4.94. The van der Waals surface area contributed by atoms with Crippen LogP contribution in [-0.2, 0) is 16.1 Å². The molecular weight excluding hydrogens is 354 g/mol. The van der Waals surface area contributed by atoms with E-state index in [9.17, 15) is 4.79 Å². The summed E-state index contributed by atoms with van der Waals surface area (Å²) in [6.07, 6.45) is 1.63. The maximum atomic E-state index is 11.5. The Morgan fingerprint density at radius 3 is 2.81 bits per heavy atom. The molecule has 0 spiro atoms.